The zero-order valence-corrected chi connectivity index (χ0v) is 17.4. The van der Waals surface area contributed by atoms with Gasteiger partial charge in [0.1, 0.15) is 5.15 Å². The molecule has 0 aliphatic heterocycles. The van der Waals surface area contributed by atoms with Gasteiger partial charge >= 0.3 is 0 Å². The lowest BCUT2D eigenvalue weighted by Gasteiger charge is -2.06. The molecular weight excluding hydrogens is 412 g/mol. The van der Waals surface area contributed by atoms with Crippen molar-refractivity contribution < 1.29 is 13.2 Å². The fraction of sp³-hybridized carbons (Fsp3) is 0.150. The summed E-state index contributed by atoms with van der Waals surface area (Å²) in [5.74, 6) is -0.613. The van der Waals surface area contributed by atoms with Crippen molar-refractivity contribution in [1.29, 1.82) is 0 Å². The summed E-state index contributed by atoms with van der Waals surface area (Å²) in [6.07, 6.45) is 1.36. The van der Waals surface area contributed by atoms with Gasteiger partial charge in [0.05, 0.1) is 23.2 Å². The third-order valence-electron chi connectivity index (χ3n) is 4.10. The second-order valence-electron chi connectivity index (χ2n) is 6.50. The van der Waals surface area contributed by atoms with Crippen LogP contribution < -0.4 is 10.1 Å². The number of halogens is 1. The smallest absolute Gasteiger partial charge is 0.255 e. The maximum Gasteiger partial charge on any atom is 0.255 e. The summed E-state index contributed by atoms with van der Waals surface area (Å²) in [4.78, 5) is 16.3. The quantitative estimate of drug-likeness (QED) is 0.356. The van der Waals surface area contributed by atoms with E-state index >= 15 is 0 Å². The van der Waals surface area contributed by atoms with E-state index in [-0.39, 0.29) is 10.0 Å². The molecular formula is C20H19ClN4O3S. The van der Waals surface area contributed by atoms with Crippen molar-refractivity contribution in [3.05, 3.63) is 70.4 Å². The molecule has 0 aliphatic carbocycles. The maximum atomic E-state index is 12.2. The highest BCUT2D eigenvalue weighted by Crippen LogP contribution is 2.20. The van der Waals surface area contributed by atoms with Crippen LogP contribution >= 0.6 is 11.6 Å². The van der Waals surface area contributed by atoms with E-state index in [9.17, 15) is 13.2 Å². The molecule has 2 N–H and O–H groups in total. The van der Waals surface area contributed by atoms with Crippen LogP contribution in [0.25, 0.3) is 10.9 Å². The van der Waals surface area contributed by atoms with E-state index in [0.29, 0.717) is 5.56 Å². The summed E-state index contributed by atoms with van der Waals surface area (Å²) in [6.45, 7) is 3.37. The van der Waals surface area contributed by atoms with Crippen molar-refractivity contribution in [2.45, 2.75) is 18.7 Å². The highest BCUT2D eigenvalue weighted by atomic mass is 35.5. The number of hydrogen-bond donors (Lipinski definition) is 2. The molecule has 1 aromatic heterocycles. The van der Waals surface area contributed by atoms with Gasteiger partial charge in [0, 0.05) is 10.9 Å². The minimum atomic E-state index is -3.78. The minimum absolute atomic E-state index is 0.0867. The Kier molecular flexibility index (Phi) is 6.26. The Labute approximate surface area is 173 Å². The topological polar surface area (TPSA) is 101 Å². The largest absolute Gasteiger partial charge is 0.272 e. The molecule has 1 heterocycles. The first-order chi connectivity index (χ1) is 13.7. The normalized spacial score (nSPS) is 11.8. The Morgan fingerprint density at radius 2 is 1.79 bits per heavy atom. The van der Waals surface area contributed by atoms with Crippen molar-refractivity contribution in [2.75, 3.05) is 6.54 Å². The zero-order chi connectivity index (χ0) is 21.0. The highest BCUT2D eigenvalue weighted by molar-refractivity contribution is 7.89. The lowest BCUT2D eigenvalue weighted by molar-refractivity contribution is -0.119. The molecule has 9 heteroatoms. The Balaban J connectivity index is 1.61. The number of carbonyl (C=O) groups excluding carboxylic acids is 1. The van der Waals surface area contributed by atoms with E-state index in [0.717, 1.165) is 22.0 Å². The number of fused-ring (bicyclic) bond motifs is 1. The molecule has 0 fully saturated rings. The van der Waals surface area contributed by atoms with Gasteiger partial charge in [-0.05, 0) is 43.7 Å². The molecule has 3 aromatic rings. The summed E-state index contributed by atoms with van der Waals surface area (Å²) in [5, 5.41) is 4.97. The lowest BCUT2D eigenvalue weighted by Crippen LogP contribution is -2.34. The number of aryl methyl sites for hydroxylation is 2. The average molecular weight is 431 g/mol. The second kappa shape index (κ2) is 8.69. The number of amides is 1. The van der Waals surface area contributed by atoms with Gasteiger partial charge in [-0.15, -0.1) is 0 Å². The number of aromatic nitrogens is 1. The van der Waals surface area contributed by atoms with Crippen molar-refractivity contribution >= 4 is 44.6 Å². The SMILES string of the molecule is Cc1ccc(S(=O)(=O)NCC(=O)NN=Cc2cc3ccc(C)cc3nc2Cl)cc1. The van der Waals surface area contributed by atoms with Gasteiger partial charge in [0.15, 0.2) is 0 Å². The summed E-state index contributed by atoms with van der Waals surface area (Å²) in [5.41, 5.74) is 5.57. The van der Waals surface area contributed by atoms with Gasteiger partial charge in [-0.3, -0.25) is 4.79 Å². The summed E-state index contributed by atoms with van der Waals surface area (Å²) < 4.78 is 26.6. The molecule has 0 aliphatic rings. The first-order valence-corrected chi connectivity index (χ1v) is 10.6. The molecule has 2 aromatic carbocycles. The van der Waals surface area contributed by atoms with Gasteiger partial charge < -0.3 is 0 Å². The number of sulfonamides is 1. The van der Waals surface area contributed by atoms with E-state index < -0.39 is 22.5 Å². The number of nitrogens with one attached hydrogen (secondary N) is 2. The van der Waals surface area contributed by atoms with Crippen LogP contribution in [-0.4, -0.2) is 32.1 Å². The molecule has 7 nitrogen and oxygen atoms in total. The van der Waals surface area contributed by atoms with Crippen molar-refractivity contribution in [3.63, 3.8) is 0 Å². The molecule has 0 saturated carbocycles. The van der Waals surface area contributed by atoms with E-state index in [1.54, 1.807) is 18.2 Å². The third kappa shape index (κ3) is 5.38. The van der Waals surface area contributed by atoms with E-state index in [1.807, 2.05) is 32.0 Å². The number of benzene rings is 2. The second-order valence-corrected chi connectivity index (χ2v) is 8.62. The molecule has 0 atom stereocenters. The van der Waals surface area contributed by atoms with Crippen molar-refractivity contribution in [1.82, 2.24) is 15.1 Å². The van der Waals surface area contributed by atoms with E-state index in [2.05, 4.69) is 20.2 Å². The molecule has 150 valence electrons. The number of hydrogen-bond acceptors (Lipinski definition) is 5. The molecule has 3 rings (SSSR count). The van der Waals surface area contributed by atoms with Crippen LogP contribution in [0.3, 0.4) is 0 Å². The third-order valence-corrected chi connectivity index (χ3v) is 5.82. The highest BCUT2D eigenvalue weighted by Gasteiger charge is 2.15. The fourth-order valence-corrected chi connectivity index (χ4v) is 3.71. The fourth-order valence-electron chi connectivity index (χ4n) is 2.54. The maximum absolute atomic E-state index is 12.2. The van der Waals surface area contributed by atoms with Gasteiger partial charge in [-0.2, -0.15) is 5.10 Å². The predicted molar refractivity (Wildman–Crippen MR) is 114 cm³/mol. The molecule has 0 saturated heterocycles. The van der Waals surface area contributed by atoms with Crippen molar-refractivity contribution in [2.24, 2.45) is 5.10 Å². The predicted octanol–water partition coefficient (Wildman–Crippen LogP) is 2.93. The lowest BCUT2D eigenvalue weighted by atomic mass is 10.1. The van der Waals surface area contributed by atoms with Crippen molar-refractivity contribution in [3.8, 4) is 0 Å². The van der Waals surface area contributed by atoms with Crippen LogP contribution in [-0.2, 0) is 14.8 Å². The first kappa shape index (κ1) is 20.9. The molecule has 0 unspecified atom stereocenters. The standard InChI is InChI=1S/C20H19ClN4O3S/c1-13-4-7-17(8-5-13)29(27,28)23-12-19(26)25-22-11-16-10-15-6-3-14(2)9-18(15)24-20(16)21/h3-11,23H,12H2,1-2H3,(H,25,26). The molecule has 0 spiro atoms. The summed E-state index contributed by atoms with van der Waals surface area (Å²) in [6, 6.07) is 13.9. The average Bonchev–Trinajstić information content (AvgIpc) is 2.67. The Bertz CT molecular complexity index is 1190. The molecule has 0 radical (unpaired) electrons. The Morgan fingerprint density at radius 3 is 2.52 bits per heavy atom. The Morgan fingerprint density at radius 1 is 1.10 bits per heavy atom. The van der Waals surface area contributed by atoms with Crippen LogP contribution in [0.5, 0.6) is 0 Å². The molecule has 29 heavy (non-hydrogen) atoms. The number of hydrazone groups is 1. The first-order valence-electron chi connectivity index (χ1n) is 8.70. The zero-order valence-electron chi connectivity index (χ0n) is 15.8. The van der Waals surface area contributed by atoms with Crippen LogP contribution in [0, 0.1) is 13.8 Å². The molecule has 0 bridgehead atoms. The Hall–Kier alpha value is -2.81. The van der Waals surface area contributed by atoms with Crippen LogP contribution in [0.4, 0.5) is 0 Å². The number of nitrogens with zero attached hydrogens (tertiary/aromatic N) is 2. The van der Waals surface area contributed by atoms with E-state index in [1.165, 1.54) is 18.3 Å². The molecule has 1 amide bonds. The van der Waals surface area contributed by atoms with Crippen LogP contribution in [0.15, 0.2) is 58.5 Å². The minimum Gasteiger partial charge on any atom is -0.272 e. The van der Waals surface area contributed by atoms with Gasteiger partial charge in [-0.1, -0.05) is 41.4 Å². The van der Waals surface area contributed by atoms with Gasteiger partial charge in [0.25, 0.3) is 5.91 Å². The number of rotatable bonds is 6. The number of pyridine rings is 1. The summed E-state index contributed by atoms with van der Waals surface area (Å²) >= 11 is 6.16. The number of carbonyl (C=O) groups is 1. The van der Waals surface area contributed by atoms with Crippen LogP contribution in [0.1, 0.15) is 16.7 Å². The van der Waals surface area contributed by atoms with Gasteiger partial charge in [0.2, 0.25) is 10.0 Å². The van der Waals surface area contributed by atoms with E-state index in [4.69, 9.17) is 11.6 Å². The van der Waals surface area contributed by atoms with Crippen LogP contribution in [0.2, 0.25) is 5.15 Å². The van der Waals surface area contributed by atoms with Gasteiger partial charge in [-0.25, -0.2) is 23.5 Å². The summed E-state index contributed by atoms with van der Waals surface area (Å²) in [7, 11) is -3.78. The monoisotopic (exact) mass is 430 g/mol.